The van der Waals surface area contributed by atoms with Gasteiger partial charge in [-0.05, 0) is 44.2 Å². The number of ether oxygens (including phenoxy) is 1. The number of carbonyl (C=O) groups is 3. The highest BCUT2D eigenvalue weighted by molar-refractivity contribution is 6.01. The Hall–Kier alpha value is -2.45. The van der Waals surface area contributed by atoms with Gasteiger partial charge >= 0.3 is 0 Å². The lowest BCUT2D eigenvalue weighted by atomic mass is 9.70. The summed E-state index contributed by atoms with van der Waals surface area (Å²) in [5.74, 6) is -1.78. The minimum atomic E-state index is -0.944. The molecule has 0 aromatic heterocycles. The summed E-state index contributed by atoms with van der Waals surface area (Å²) in [7, 11) is 0. The quantitative estimate of drug-likeness (QED) is 0.373. The summed E-state index contributed by atoms with van der Waals surface area (Å²) in [6.45, 7) is 3.30. The zero-order chi connectivity index (χ0) is 24.8. The predicted octanol–water partition coefficient (Wildman–Crippen LogP) is 2.86. The molecule has 3 aliphatic heterocycles. The van der Waals surface area contributed by atoms with Crippen LogP contribution in [0.15, 0.2) is 30.3 Å². The van der Waals surface area contributed by atoms with Crippen LogP contribution in [0.4, 0.5) is 5.69 Å². The van der Waals surface area contributed by atoms with Crippen molar-refractivity contribution < 1.29 is 24.2 Å². The Bertz CT molecular complexity index is 894. The van der Waals surface area contributed by atoms with Crippen LogP contribution in [0, 0.1) is 11.8 Å². The van der Waals surface area contributed by atoms with Crippen LogP contribution < -0.4 is 10.6 Å². The molecule has 0 radical (unpaired) electrons. The zero-order valence-electron chi connectivity index (χ0n) is 20.7. The van der Waals surface area contributed by atoms with Crippen LogP contribution in [0.3, 0.4) is 0 Å². The van der Waals surface area contributed by atoms with Gasteiger partial charge in [-0.3, -0.25) is 14.4 Å². The Labute approximate surface area is 207 Å². The number of nitrogens with zero attached hydrogens (tertiary/aromatic N) is 1. The molecule has 3 saturated heterocycles. The van der Waals surface area contributed by atoms with E-state index in [1.165, 1.54) is 0 Å². The number of carbonyl (C=O) groups excluding carboxylic acids is 3. The Morgan fingerprint density at radius 1 is 1.09 bits per heavy atom. The topological polar surface area (TPSA) is 108 Å². The number of unbranched alkanes of at least 4 members (excludes halogenated alkanes) is 5. The van der Waals surface area contributed by atoms with E-state index in [9.17, 15) is 14.4 Å². The van der Waals surface area contributed by atoms with E-state index in [0.717, 1.165) is 44.9 Å². The van der Waals surface area contributed by atoms with Crippen molar-refractivity contribution in [2.45, 2.75) is 82.5 Å². The molecule has 192 valence electrons. The zero-order valence-corrected chi connectivity index (χ0v) is 20.7. The number of hydrogen-bond donors (Lipinski definition) is 3. The van der Waals surface area contributed by atoms with Gasteiger partial charge in [-0.2, -0.15) is 0 Å². The second-order valence-corrected chi connectivity index (χ2v) is 10.1. The van der Waals surface area contributed by atoms with Crippen molar-refractivity contribution in [3.8, 4) is 0 Å². The van der Waals surface area contributed by atoms with Gasteiger partial charge in [-0.1, -0.05) is 50.8 Å². The van der Waals surface area contributed by atoms with Crippen LogP contribution in [-0.4, -0.2) is 65.2 Å². The van der Waals surface area contributed by atoms with Gasteiger partial charge < -0.3 is 25.4 Å². The average molecular weight is 486 g/mol. The van der Waals surface area contributed by atoms with Gasteiger partial charge in [0.25, 0.3) is 0 Å². The minimum Gasteiger partial charge on any atom is -0.396 e. The first-order valence-corrected chi connectivity index (χ1v) is 13.3. The average Bonchev–Trinajstić information content (AvgIpc) is 3.50. The number of hydrogen-bond acceptors (Lipinski definition) is 5. The van der Waals surface area contributed by atoms with Gasteiger partial charge in [0, 0.05) is 25.4 Å². The van der Waals surface area contributed by atoms with Crippen LogP contribution >= 0.6 is 0 Å². The van der Waals surface area contributed by atoms with Gasteiger partial charge in [0.15, 0.2) is 0 Å². The molecule has 3 heterocycles. The fraction of sp³-hybridized carbons (Fsp3) is 0.667. The number of aliphatic hydroxyl groups is 1. The van der Waals surface area contributed by atoms with E-state index < -0.39 is 23.5 Å². The maximum atomic E-state index is 13.8. The van der Waals surface area contributed by atoms with Gasteiger partial charge in [0.05, 0.1) is 17.9 Å². The van der Waals surface area contributed by atoms with E-state index in [1.54, 1.807) is 4.90 Å². The summed E-state index contributed by atoms with van der Waals surface area (Å²) >= 11 is 0. The SMILES string of the molecule is CCCCCNC(=O)C1N(CCCCCCO)C(=O)[C@@H]2[C@@H](C(=O)Nc3ccccc3)[C@H]3CCC12O3. The van der Waals surface area contributed by atoms with Gasteiger partial charge in [-0.15, -0.1) is 0 Å². The third-order valence-electron chi connectivity index (χ3n) is 7.78. The number of amides is 3. The standard InChI is InChI=1S/C27H39N3O5/c1-2-3-9-16-28-25(33)23-27-15-14-20(35-27)21(24(32)29-19-12-7-6-8-13-19)22(27)26(34)30(23)17-10-4-5-11-18-31/h6-8,12-13,20-23,31H,2-5,9-11,14-18H2,1H3,(H,28,33)(H,29,32)/t20-,21+,22+,23?,27?/m1/s1. The monoisotopic (exact) mass is 485 g/mol. The number of fused-ring (bicyclic) bond motifs is 1. The van der Waals surface area contributed by atoms with Crippen molar-refractivity contribution in [1.82, 2.24) is 10.2 Å². The number of rotatable bonds is 13. The normalized spacial score (nSPS) is 28.9. The lowest BCUT2D eigenvalue weighted by Crippen LogP contribution is -2.55. The third-order valence-corrected chi connectivity index (χ3v) is 7.78. The molecule has 4 rings (SSSR count). The largest absolute Gasteiger partial charge is 0.396 e. The van der Waals surface area contributed by atoms with Crippen molar-refractivity contribution in [3.05, 3.63) is 30.3 Å². The first-order chi connectivity index (χ1) is 17.0. The molecule has 3 amide bonds. The molecular weight excluding hydrogens is 446 g/mol. The van der Waals surface area contributed by atoms with E-state index in [0.29, 0.717) is 31.6 Å². The van der Waals surface area contributed by atoms with Gasteiger partial charge in [0.2, 0.25) is 17.7 Å². The Balaban J connectivity index is 1.54. The van der Waals surface area contributed by atoms with E-state index in [2.05, 4.69) is 17.6 Å². The summed E-state index contributed by atoms with van der Waals surface area (Å²) in [6.07, 6.45) is 7.14. The van der Waals surface area contributed by atoms with Crippen molar-refractivity contribution in [1.29, 1.82) is 0 Å². The van der Waals surface area contributed by atoms with E-state index in [1.807, 2.05) is 30.3 Å². The third kappa shape index (κ3) is 5.09. The smallest absolute Gasteiger partial charge is 0.245 e. The number of benzene rings is 1. The number of nitrogens with one attached hydrogen (secondary N) is 2. The van der Waals surface area contributed by atoms with Crippen LogP contribution in [0.25, 0.3) is 0 Å². The molecule has 8 nitrogen and oxygen atoms in total. The number of para-hydroxylation sites is 1. The minimum absolute atomic E-state index is 0.142. The molecule has 3 aliphatic rings. The molecule has 0 aliphatic carbocycles. The van der Waals surface area contributed by atoms with Crippen molar-refractivity contribution in [2.75, 3.05) is 25.0 Å². The van der Waals surface area contributed by atoms with Crippen molar-refractivity contribution in [3.63, 3.8) is 0 Å². The molecule has 8 heteroatoms. The van der Waals surface area contributed by atoms with Crippen molar-refractivity contribution >= 4 is 23.4 Å². The van der Waals surface area contributed by atoms with Gasteiger partial charge in [-0.25, -0.2) is 0 Å². The van der Waals surface area contributed by atoms with Crippen LogP contribution in [0.1, 0.15) is 64.7 Å². The molecule has 2 unspecified atom stereocenters. The molecule has 1 aromatic rings. The summed E-state index contributed by atoms with van der Waals surface area (Å²) in [6, 6.07) is 8.53. The summed E-state index contributed by atoms with van der Waals surface area (Å²) in [4.78, 5) is 42.3. The highest BCUT2D eigenvalue weighted by atomic mass is 16.5. The number of likely N-dealkylation sites (tertiary alicyclic amines) is 1. The highest BCUT2D eigenvalue weighted by Crippen LogP contribution is 2.58. The molecule has 3 fully saturated rings. The predicted molar refractivity (Wildman–Crippen MR) is 132 cm³/mol. The van der Waals surface area contributed by atoms with Crippen molar-refractivity contribution in [2.24, 2.45) is 11.8 Å². The fourth-order valence-corrected chi connectivity index (χ4v) is 6.17. The van der Waals surface area contributed by atoms with Crippen LogP contribution in [-0.2, 0) is 19.1 Å². The highest BCUT2D eigenvalue weighted by Gasteiger charge is 2.74. The number of aliphatic hydroxyl groups excluding tert-OH is 1. The second-order valence-electron chi connectivity index (χ2n) is 10.1. The first-order valence-electron chi connectivity index (χ1n) is 13.3. The summed E-state index contributed by atoms with van der Waals surface area (Å²) in [5, 5.41) is 15.1. The molecular formula is C27H39N3O5. The van der Waals surface area contributed by atoms with E-state index in [-0.39, 0.29) is 30.4 Å². The van der Waals surface area contributed by atoms with E-state index in [4.69, 9.17) is 9.84 Å². The first kappa shape index (κ1) is 25.6. The maximum Gasteiger partial charge on any atom is 0.245 e. The molecule has 1 aromatic carbocycles. The van der Waals surface area contributed by atoms with Gasteiger partial charge in [0.1, 0.15) is 11.6 Å². The lowest BCUT2D eigenvalue weighted by Gasteiger charge is -2.33. The molecule has 5 atom stereocenters. The molecule has 1 spiro atoms. The summed E-state index contributed by atoms with van der Waals surface area (Å²) in [5.41, 5.74) is -0.258. The number of anilines is 1. The molecule has 0 saturated carbocycles. The molecule has 3 N–H and O–H groups in total. The lowest BCUT2D eigenvalue weighted by molar-refractivity contribution is -0.141. The molecule has 35 heavy (non-hydrogen) atoms. The van der Waals surface area contributed by atoms with Crippen LogP contribution in [0.5, 0.6) is 0 Å². The Kier molecular flexibility index (Phi) is 8.44. The summed E-state index contributed by atoms with van der Waals surface area (Å²) < 4.78 is 6.44. The Morgan fingerprint density at radius 2 is 1.86 bits per heavy atom. The van der Waals surface area contributed by atoms with E-state index >= 15 is 0 Å². The maximum absolute atomic E-state index is 13.8. The van der Waals surface area contributed by atoms with Crippen LogP contribution in [0.2, 0.25) is 0 Å². The second kappa shape index (κ2) is 11.5. The molecule has 2 bridgehead atoms. The fourth-order valence-electron chi connectivity index (χ4n) is 6.17. The Morgan fingerprint density at radius 3 is 2.60 bits per heavy atom.